The molecule has 3 rings (SSSR count). The Morgan fingerprint density at radius 1 is 1.04 bits per heavy atom. The number of nitrogens with one attached hydrogen (secondary N) is 1. The predicted octanol–water partition coefficient (Wildman–Crippen LogP) is 4.13. The second kappa shape index (κ2) is 9.14. The fourth-order valence-electron chi connectivity index (χ4n) is 3.14. The van der Waals surface area contributed by atoms with E-state index in [-0.39, 0.29) is 11.7 Å². The molecule has 0 radical (unpaired) electrons. The largest absolute Gasteiger partial charge is 0.370 e. The highest BCUT2D eigenvalue weighted by molar-refractivity contribution is 9.10. The molecule has 6 heteroatoms. The molecule has 0 aliphatic carbocycles. The van der Waals surface area contributed by atoms with Crippen molar-refractivity contribution >= 4 is 33.2 Å². The molecule has 0 unspecified atom stereocenters. The highest BCUT2D eigenvalue weighted by Gasteiger charge is 2.16. The number of hydrogen-bond donors (Lipinski definition) is 1. The predicted molar refractivity (Wildman–Crippen MR) is 107 cm³/mol. The Balaban J connectivity index is 1.46. The number of hydrogen-bond acceptors (Lipinski definition) is 3. The Bertz CT molecular complexity index is 738. The standard InChI is InChI=1S/C20H23BrFN3O/c21-18-4-1-2-5-19(18)23-20(26)10-13-24-11-3-12-25(15-14-24)17-8-6-16(22)7-9-17/h1-2,4-9H,3,10-15H2,(H,23,26). The van der Waals surface area contributed by atoms with E-state index in [1.807, 2.05) is 36.4 Å². The van der Waals surface area contributed by atoms with E-state index in [4.69, 9.17) is 0 Å². The van der Waals surface area contributed by atoms with Gasteiger partial charge in [0.15, 0.2) is 0 Å². The molecule has 1 aliphatic rings. The van der Waals surface area contributed by atoms with Crippen molar-refractivity contribution in [3.05, 3.63) is 58.8 Å². The number of halogens is 2. The first kappa shape index (κ1) is 18.9. The minimum absolute atomic E-state index is 0.0246. The first-order chi connectivity index (χ1) is 12.6. The Morgan fingerprint density at radius 2 is 1.81 bits per heavy atom. The van der Waals surface area contributed by atoms with E-state index in [1.54, 1.807) is 0 Å². The molecule has 2 aromatic carbocycles. The Labute approximate surface area is 162 Å². The molecule has 1 aliphatic heterocycles. The molecule has 26 heavy (non-hydrogen) atoms. The number of para-hydroxylation sites is 1. The van der Waals surface area contributed by atoms with Crippen LogP contribution >= 0.6 is 15.9 Å². The lowest BCUT2D eigenvalue weighted by molar-refractivity contribution is -0.116. The molecule has 0 aromatic heterocycles. The summed E-state index contributed by atoms with van der Waals surface area (Å²) in [5, 5.41) is 2.95. The molecule has 1 heterocycles. The van der Waals surface area contributed by atoms with Crippen LogP contribution < -0.4 is 10.2 Å². The second-order valence-corrected chi connectivity index (χ2v) is 7.29. The van der Waals surface area contributed by atoms with Gasteiger partial charge in [-0.1, -0.05) is 12.1 Å². The molecule has 0 atom stereocenters. The quantitative estimate of drug-likeness (QED) is 0.790. The molecule has 1 amide bonds. The van der Waals surface area contributed by atoms with Crippen molar-refractivity contribution in [3.63, 3.8) is 0 Å². The smallest absolute Gasteiger partial charge is 0.225 e. The lowest BCUT2D eigenvalue weighted by Gasteiger charge is -2.23. The number of anilines is 2. The van der Waals surface area contributed by atoms with Crippen molar-refractivity contribution in [2.45, 2.75) is 12.8 Å². The van der Waals surface area contributed by atoms with Crippen LogP contribution in [0.2, 0.25) is 0 Å². The van der Waals surface area contributed by atoms with Crippen molar-refractivity contribution in [2.24, 2.45) is 0 Å². The average Bonchev–Trinajstić information content (AvgIpc) is 2.88. The van der Waals surface area contributed by atoms with Crippen LogP contribution in [0.1, 0.15) is 12.8 Å². The summed E-state index contributed by atoms with van der Waals surface area (Å²) in [7, 11) is 0. The third kappa shape index (κ3) is 5.29. The van der Waals surface area contributed by atoms with Crippen molar-refractivity contribution in [1.82, 2.24) is 4.90 Å². The van der Waals surface area contributed by atoms with E-state index in [0.717, 1.165) is 55.0 Å². The summed E-state index contributed by atoms with van der Waals surface area (Å²) in [6.07, 6.45) is 1.50. The van der Waals surface area contributed by atoms with Crippen LogP contribution in [0.15, 0.2) is 53.0 Å². The number of nitrogens with zero attached hydrogens (tertiary/aromatic N) is 2. The van der Waals surface area contributed by atoms with Crippen LogP contribution in [0.4, 0.5) is 15.8 Å². The number of amides is 1. The molecule has 0 spiro atoms. The zero-order chi connectivity index (χ0) is 18.4. The summed E-state index contributed by atoms with van der Waals surface area (Å²) >= 11 is 3.44. The van der Waals surface area contributed by atoms with Crippen LogP contribution in [0, 0.1) is 5.82 Å². The van der Waals surface area contributed by atoms with Crippen LogP contribution in [-0.2, 0) is 4.79 Å². The van der Waals surface area contributed by atoms with Crippen LogP contribution in [0.25, 0.3) is 0 Å². The molecule has 0 bridgehead atoms. The number of rotatable bonds is 5. The Morgan fingerprint density at radius 3 is 2.58 bits per heavy atom. The molecule has 1 saturated heterocycles. The maximum absolute atomic E-state index is 13.1. The molecular weight excluding hydrogens is 397 g/mol. The zero-order valence-electron chi connectivity index (χ0n) is 14.6. The summed E-state index contributed by atoms with van der Waals surface area (Å²) in [6, 6.07) is 14.3. The van der Waals surface area contributed by atoms with Crippen molar-refractivity contribution in [1.29, 1.82) is 0 Å². The van der Waals surface area contributed by atoms with Gasteiger partial charge >= 0.3 is 0 Å². The van der Waals surface area contributed by atoms with Crippen LogP contribution in [-0.4, -0.2) is 43.5 Å². The first-order valence-electron chi connectivity index (χ1n) is 8.89. The summed E-state index contributed by atoms with van der Waals surface area (Å²) in [6.45, 7) is 4.45. The maximum Gasteiger partial charge on any atom is 0.225 e. The normalized spacial score (nSPS) is 15.5. The van der Waals surface area contributed by atoms with Gasteiger partial charge in [0, 0.05) is 42.8 Å². The van der Waals surface area contributed by atoms with Gasteiger partial charge in [-0.05, 0) is 65.3 Å². The van der Waals surface area contributed by atoms with Gasteiger partial charge in [0.2, 0.25) is 5.91 Å². The van der Waals surface area contributed by atoms with Gasteiger partial charge in [0.1, 0.15) is 5.82 Å². The van der Waals surface area contributed by atoms with Gasteiger partial charge in [0.05, 0.1) is 5.69 Å². The van der Waals surface area contributed by atoms with Crippen LogP contribution in [0.5, 0.6) is 0 Å². The first-order valence-corrected chi connectivity index (χ1v) is 9.68. The summed E-state index contributed by atoms with van der Waals surface area (Å²) in [5.74, 6) is -0.183. The lowest BCUT2D eigenvalue weighted by Crippen LogP contribution is -2.32. The number of benzene rings is 2. The Hall–Kier alpha value is -1.92. The molecule has 138 valence electrons. The summed E-state index contributed by atoms with van der Waals surface area (Å²) in [4.78, 5) is 16.8. The number of carbonyl (C=O) groups excluding carboxylic acids is 1. The third-order valence-electron chi connectivity index (χ3n) is 4.58. The van der Waals surface area contributed by atoms with E-state index in [9.17, 15) is 9.18 Å². The minimum atomic E-state index is -0.207. The van der Waals surface area contributed by atoms with Crippen molar-refractivity contribution in [3.8, 4) is 0 Å². The monoisotopic (exact) mass is 419 g/mol. The molecular formula is C20H23BrFN3O. The fraction of sp³-hybridized carbons (Fsp3) is 0.350. The molecule has 1 fully saturated rings. The van der Waals surface area contributed by atoms with Gasteiger partial charge in [-0.25, -0.2) is 4.39 Å². The maximum atomic E-state index is 13.1. The molecule has 1 N–H and O–H groups in total. The van der Waals surface area contributed by atoms with Gasteiger partial charge in [-0.3, -0.25) is 4.79 Å². The zero-order valence-corrected chi connectivity index (χ0v) is 16.2. The highest BCUT2D eigenvalue weighted by atomic mass is 79.9. The van der Waals surface area contributed by atoms with E-state index in [1.165, 1.54) is 12.1 Å². The summed E-state index contributed by atoms with van der Waals surface area (Å²) in [5.41, 5.74) is 1.86. The van der Waals surface area contributed by atoms with E-state index in [2.05, 4.69) is 31.0 Å². The fourth-order valence-corrected chi connectivity index (χ4v) is 3.52. The Kier molecular flexibility index (Phi) is 6.63. The molecule has 2 aromatic rings. The van der Waals surface area contributed by atoms with Crippen molar-refractivity contribution in [2.75, 3.05) is 42.9 Å². The number of carbonyl (C=O) groups is 1. The third-order valence-corrected chi connectivity index (χ3v) is 5.27. The van der Waals surface area contributed by atoms with Gasteiger partial charge in [0.25, 0.3) is 0 Å². The topological polar surface area (TPSA) is 35.6 Å². The second-order valence-electron chi connectivity index (χ2n) is 6.44. The molecule has 0 saturated carbocycles. The van der Waals surface area contributed by atoms with Gasteiger partial charge < -0.3 is 15.1 Å². The SMILES string of the molecule is O=C(CCN1CCCN(c2ccc(F)cc2)CC1)Nc1ccccc1Br. The van der Waals surface area contributed by atoms with E-state index < -0.39 is 0 Å². The lowest BCUT2D eigenvalue weighted by atomic mass is 10.2. The van der Waals surface area contributed by atoms with E-state index in [0.29, 0.717) is 6.42 Å². The van der Waals surface area contributed by atoms with E-state index >= 15 is 0 Å². The minimum Gasteiger partial charge on any atom is -0.370 e. The summed E-state index contributed by atoms with van der Waals surface area (Å²) < 4.78 is 14.0. The molecule has 4 nitrogen and oxygen atoms in total. The van der Waals surface area contributed by atoms with Crippen molar-refractivity contribution < 1.29 is 9.18 Å². The van der Waals surface area contributed by atoms with Gasteiger partial charge in [-0.2, -0.15) is 0 Å². The van der Waals surface area contributed by atoms with Gasteiger partial charge in [-0.15, -0.1) is 0 Å². The highest BCUT2D eigenvalue weighted by Crippen LogP contribution is 2.21. The average molecular weight is 420 g/mol. The van der Waals surface area contributed by atoms with Crippen LogP contribution in [0.3, 0.4) is 0 Å².